The predicted octanol–water partition coefficient (Wildman–Crippen LogP) is 5.57. The summed E-state index contributed by atoms with van der Waals surface area (Å²) in [6.07, 6.45) is 2.89. The van der Waals surface area contributed by atoms with Crippen LogP contribution < -0.4 is 9.47 Å². The molecule has 1 aromatic heterocycles. The largest absolute Gasteiger partial charge is 0.494 e. The molecular formula is C24H24N2O2. The lowest BCUT2D eigenvalue weighted by atomic mass is 10.1. The Morgan fingerprint density at radius 2 is 1.50 bits per heavy atom. The highest BCUT2D eigenvalue weighted by molar-refractivity contribution is 5.79. The molecule has 0 aliphatic heterocycles. The van der Waals surface area contributed by atoms with Crippen LogP contribution in [-0.4, -0.2) is 16.2 Å². The maximum Gasteiger partial charge on any atom is 0.122 e. The van der Waals surface area contributed by atoms with Crippen molar-refractivity contribution in [3.8, 4) is 17.2 Å². The maximum absolute atomic E-state index is 5.97. The van der Waals surface area contributed by atoms with E-state index in [2.05, 4.69) is 40.7 Å². The maximum atomic E-state index is 5.97. The van der Waals surface area contributed by atoms with E-state index in [0.29, 0.717) is 13.2 Å². The number of aromatic nitrogens is 2. The van der Waals surface area contributed by atoms with Gasteiger partial charge in [0.05, 0.1) is 17.6 Å². The Morgan fingerprint density at radius 1 is 0.786 bits per heavy atom. The molecule has 4 heteroatoms. The highest BCUT2D eigenvalue weighted by Crippen LogP contribution is 2.24. The van der Waals surface area contributed by atoms with E-state index in [1.807, 2.05) is 55.7 Å². The van der Waals surface area contributed by atoms with Crippen LogP contribution in [0, 0.1) is 0 Å². The normalized spacial score (nSPS) is 10.9. The van der Waals surface area contributed by atoms with Gasteiger partial charge in [0.25, 0.3) is 0 Å². The summed E-state index contributed by atoms with van der Waals surface area (Å²) in [6, 6.07) is 22.6. The molecule has 4 nitrogen and oxygen atoms in total. The fourth-order valence-electron chi connectivity index (χ4n) is 3.20. The summed E-state index contributed by atoms with van der Waals surface area (Å²) < 4.78 is 13.5. The number of nitrogens with zero attached hydrogens (tertiary/aromatic N) is 2. The zero-order chi connectivity index (χ0) is 19.3. The molecule has 0 saturated carbocycles. The number of imidazole rings is 1. The fourth-order valence-corrected chi connectivity index (χ4v) is 3.20. The average molecular weight is 372 g/mol. The zero-order valence-corrected chi connectivity index (χ0v) is 16.3. The van der Waals surface area contributed by atoms with E-state index in [9.17, 15) is 0 Å². The highest BCUT2D eigenvalue weighted by atomic mass is 16.5. The van der Waals surface area contributed by atoms with Crippen LogP contribution in [0.3, 0.4) is 0 Å². The molecule has 0 amide bonds. The van der Waals surface area contributed by atoms with E-state index in [1.165, 1.54) is 5.56 Å². The molecule has 4 rings (SSSR count). The van der Waals surface area contributed by atoms with Crippen LogP contribution in [0.2, 0.25) is 0 Å². The van der Waals surface area contributed by atoms with Crippen LogP contribution in [0.25, 0.3) is 16.7 Å². The van der Waals surface area contributed by atoms with E-state index in [4.69, 9.17) is 9.47 Å². The van der Waals surface area contributed by atoms with E-state index in [0.717, 1.165) is 40.2 Å². The van der Waals surface area contributed by atoms with Gasteiger partial charge in [-0.2, -0.15) is 0 Å². The van der Waals surface area contributed by atoms with Crippen LogP contribution in [0.5, 0.6) is 11.5 Å². The number of benzene rings is 3. The van der Waals surface area contributed by atoms with Gasteiger partial charge in [-0.3, -0.25) is 4.57 Å². The first-order valence-corrected chi connectivity index (χ1v) is 9.67. The molecule has 142 valence electrons. The monoisotopic (exact) mass is 372 g/mol. The summed E-state index contributed by atoms with van der Waals surface area (Å²) in [4.78, 5) is 4.54. The smallest absolute Gasteiger partial charge is 0.122 e. The summed E-state index contributed by atoms with van der Waals surface area (Å²) >= 11 is 0. The lowest BCUT2D eigenvalue weighted by Gasteiger charge is -2.09. The van der Waals surface area contributed by atoms with Crippen molar-refractivity contribution in [1.29, 1.82) is 0 Å². The summed E-state index contributed by atoms with van der Waals surface area (Å²) in [5.41, 5.74) is 5.51. The molecule has 0 spiro atoms. The topological polar surface area (TPSA) is 36.3 Å². The molecule has 28 heavy (non-hydrogen) atoms. The van der Waals surface area contributed by atoms with Gasteiger partial charge in [-0.25, -0.2) is 4.98 Å². The van der Waals surface area contributed by atoms with Crippen molar-refractivity contribution in [2.24, 2.45) is 0 Å². The second-order valence-corrected chi connectivity index (χ2v) is 6.65. The average Bonchev–Trinajstić information content (AvgIpc) is 3.17. The minimum Gasteiger partial charge on any atom is -0.494 e. The molecule has 0 atom stereocenters. The molecule has 0 fully saturated rings. The van der Waals surface area contributed by atoms with Gasteiger partial charge in [-0.1, -0.05) is 31.2 Å². The third-order valence-electron chi connectivity index (χ3n) is 4.78. The van der Waals surface area contributed by atoms with Gasteiger partial charge < -0.3 is 9.47 Å². The van der Waals surface area contributed by atoms with Crippen LogP contribution in [-0.2, 0) is 13.0 Å². The molecule has 0 aliphatic carbocycles. The molecule has 0 radical (unpaired) electrons. The Morgan fingerprint density at radius 3 is 2.21 bits per heavy atom. The Labute approximate surface area is 165 Å². The van der Waals surface area contributed by atoms with Gasteiger partial charge in [0.1, 0.15) is 24.4 Å². The fraction of sp³-hybridized carbons (Fsp3) is 0.208. The highest BCUT2D eigenvalue weighted by Gasteiger charge is 2.07. The number of rotatable bonds is 7. The number of ether oxygens (including phenoxy) is 2. The first kappa shape index (κ1) is 18.1. The van der Waals surface area contributed by atoms with Crippen LogP contribution in [0.4, 0.5) is 0 Å². The number of hydrogen-bond donors (Lipinski definition) is 0. The third-order valence-corrected chi connectivity index (χ3v) is 4.78. The summed E-state index contributed by atoms with van der Waals surface area (Å²) in [7, 11) is 0. The SMILES string of the molecule is CCOc1ccc(-n2cnc3cc(OCc4ccc(CC)cc4)ccc32)cc1. The molecule has 3 aromatic carbocycles. The van der Waals surface area contributed by atoms with Gasteiger partial charge in [-0.05, 0) is 60.9 Å². The molecule has 0 unspecified atom stereocenters. The lowest BCUT2D eigenvalue weighted by Crippen LogP contribution is -1.96. The first-order chi connectivity index (χ1) is 13.8. The van der Waals surface area contributed by atoms with Crippen molar-refractivity contribution in [3.05, 3.63) is 84.2 Å². The van der Waals surface area contributed by atoms with Crippen LogP contribution in [0.1, 0.15) is 25.0 Å². The molecule has 0 bridgehead atoms. The quantitative estimate of drug-likeness (QED) is 0.426. The molecule has 4 aromatic rings. The molecule has 1 heterocycles. The zero-order valence-electron chi connectivity index (χ0n) is 16.3. The van der Waals surface area contributed by atoms with Gasteiger partial charge in [0, 0.05) is 11.8 Å². The van der Waals surface area contributed by atoms with Crippen molar-refractivity contribution in [1.82, 2.24) is 9.55 Å². The van der Waals surface area contributed by atoms with Gasteiger partial charge in [0.15, 0.2) is 0 Å². The van der Waals surface area contributed by atoms with E-state index in [-0.39, 0.29) is 0 Å². The van der Waals surface area contributed by atoms with Gasteiger partial charge in [-0.15, -0.1) is 0 Å². The van der Waals surface area contributed by atoms with Crippen LogP contribution in [0.15, 0.2) is 73.1 Å². The summed E-state index contributed by atoms with van der Waals surface area (Å²) in [5, 5.41) is 0. The first-order valence-electron chi connectivity index (χ1n) is 9.67. The van der Waals surface area contributed by atoms with Crippen molar-refractivity contribution < 1.29 is 9.47 Å². The number of hydrogen-bond acceptors (Lipinski definition) is 3. The standard InChI is InChI=1S/C24H24N2O2/c1-3-18-5-7-19(8-6-18)16-28-22-13-14-24-23(15-22)25-17-26(24)20-9-11-21(12-10-20)27-4-2/h5-15,17H,3-4,16H2,1-2H3. The van der Waals surface area contributed by atoms with Crippen molar-refractivity contribution in [2.45, 2.75) is 26.9 Å². The van der Waals surface area contributed by atoms with Crippen molar-refractivity contribution in [2.75, 3.05) is 6.61 Å². The Hall–Kier alpha value is -3.27. The Bertz CT molecular complexity index is 1050. The van der Waals surface area contributed by atoms with E-state index in [1.54, 1.807) is 0 Å². The van der Waals surface area contributed by atoms with Gasteiger partial charge in [0.2, 0.25) is 0 Å². The Balaban J connectivity index is 1.50. The second-order valence-electron chi connectivity index (χ2n) is 6.65. The summed E-state index contributed by atoms with van der Waals surface area (Å²) in [6.45, 7) is 5.36. The van der Waals surface area contributed by atoms with Crippen molar-refractivity contribution >= 4 is 11.0 Å². The predicted molar refractivity (Wildman–Crippen MR) is 112 cm³/mol. The molecule has 0 aliphatic rings. The van der Waals surface area contributed by atoms with Crippen LogP contribution >= 0.6 is 0 Å². The molecule has 0 saturated heterocycles. The lowest BCUT2D eigenvalue weighted by molar-refractivity contribution is 0.306. The molecule has 0 N–H and O–H groups in total. The van der Waals surface area contributed by atoms with Crippen molar-refractivity contribution in [3.63, 3.8) is 0 Å². The number of fused-ring (bicyclic) bond motifs is 1. The second kappa shape index (κ2) is 8.17. The third kappa shape index (κ3) is 3.86. The minimum absolute atomic E-state index is 0.551. The molecular weight excluding hydrogens is 348 g/mol. The van der Waals surface area contributed by atoms with E-state index < -0.39 is 0 Å². The minimum atomic E-state index is 0.551. The number of aryl methyl sites for hydroxylation is 1. The van der Waals surface area contributed by atoms with Gasteiger partial charge >= 0.3 is 0 Å². The summed E-state index contributed by atoms with van der Waals surface area (Å²) in [5.74, 6) is 1.70. The Kier molecular flexibility index (Phi) is 5.29. The van der Waals surface area contributed by atoms with E-state index >= 15 is 0 Å².